The van der Waals surface area contributed by atoms with Gasteiger partial charge in [0.05, 0.1) is 4.90 Å². The number of nitrogens with one attached hydrogen (secondary N) is 1. The van der Waals surface area contributed by atoms with Crippen LogP contribution < -0.4 is 5.32 Å². The van der Waals surface area contributed by atoms with Gasteiger partial charge in [0.15, 0.2) is 0 Å². The minimum atomic E-state index is -3.44. The molecule has 1 aliphatic rings. The van der Waals surface area contributed by atoms with Crippen LogP contribution in [0.4, 0.5) is 0 Å². The third-order valence-corrected chi connectivity index (χ3v) is 6.76. The molecule has 0 unspecified atom stereocenters. The quantitative estimate of drug-likeness (QED) is 0.754. The molecule has 142 valence electrons. The lowest BCUT2D eigenvalue weighted by molar-refractivity contribution is -0.121. The van der Waals surface area contributed by atoms with E-state index in [9.17, 15) is 13.2 Å². The first kappa shape index (κ1) is 18.9. The number of unbranched alkanes of at least 4 members (excludes halogenated alkanes) is 1. The van der Waals surface area contributed by atoms with Gasteiger partial charge in [-0.3, -0.25) is 4.79 Å². The molecule has 0 bridgehead atoms. The number of carbonyl (C=O) groups is 1. The van der Waals surface area contributed by atoms with Gasteiger partial charge in [-0.2, -0.15) is 4.31 Å². The lowest BCUT2D eigenvalue weighted by atomic mass is 10.2. The standard InChI is InChI=1S/C19H27N3O3S/c1-2-3-10-20-19(23)15-21-13-9-16-14-17(7-8-18(16)21)26(24,25)22-11-5-4-6-12-22/h7-9,13-14H,2-6,10-12,15H2,1H3,(H,20,23). The molecule has 1 N–H and O–H groups in total. The number of benzene rings is 1. The fourth-order valence-corrected chi connectivity index (χ4v) is 4.90. The minimum Gasteiger partial charge on any atom is -0.355 e. The summed E-state index contributed by atoms with van der Waals surface area (Å²) in [5, 5.41) is 3.74. The van der Waals surface area contributed by atoms with E-state index in [2.05, 4.69) is 12.2 Å². The molecule has 1 aromatic heterocycles. The smallest absolute Gasteiger partial charge is 0.243 e. The van der Waals surface area contributed by atoms with Gasteiger partial charge in [-0.15, -0.1) is 0 Å². The van der Waals surface area contributed by atoms with Gasteiger partial charge in [0.2, 0.25) is 15.9 Å². The number of rotatable bonds is 7. The molecule has 0 saturated carbocycles. The number of fused-ring (bicyclic) bond motifs is 1. The molecule has 1 aliphatic heterocycles. The lowest BCUT2D eigenvalue weighted by Crippen LogP contribution is -2.35. The number of piperidine rings is 1. The van der Waals surface area contributed by atoms with Crippen LogP contribution in [0.5, 0.6) is 0 Å². The van der Waals surface area contributed by atoms with Crippen LogP contribution in [0.15, 0.2) is 35.4 Å². The molecule has 0 spiro atoms. The third-order valence-electron chi connectivity index (χ3n) is 4.86. The molecule has 6 nitrogen and oxygen atoms in total. The van der Waals surface area contributed by atoms with Crippen LogP contribution in [-0.2, 0) is 21.4 Å². The van der Waals surface area contributed by atoms with Crippen LogP contribution in [0.2, 0.25) is 0 Å². The van der Waals surface area contributed by atoms with Crippen molar-refractivity contribution in [2.75, 3.05) is 19.6 Å². The maximum atomic E-state index is 12.8. The van der Waals surface area contributed by atoms with E-state index in [0.717, 1.165) is 43.0 Å². The molecule has 1 saturated heterocycles. The van der Waals surface area contributed by atoms with E-state index in [1.807, 2.05) is 16.8 Å². The van der Waals surface area contributed by atoms with E-state index in [-0.39, 0.29) is 12.5 Å². The van der Waals surface area contributed by atoms with Crippen molar-refractivity contribution in [3.8, 4) is 0 Å². The van der Waals surface area contributed by atoms with Crippen molar-refractivity contribution in [3.05, 3.63) is 30.5 Å². The molecule has 1 amide bonds. The monoisotopic (exact) mass is 377 g/mol. The molecule has 1 aromatic carbocycles. The van der Waals surface area contributed by atoms with E-state index in [1.54, 1.807) is 22.5 Å². The van der Waals surface area contributed by atoms with Crippen LogP contribution >= 0.6 is 0 Å². The number of amides is 1. The van der Waals surface area contributed by atoms with Crippen LogP contribution in [0.25, 0.3) is 10.9 Å². The Kier molecular flexibility index (Phi) is 5.98. The van der Waals surface area contributed by atoms with Crippen molar-refractivity contribution in [3.63, 3.8) is 0 Å². The van der Waals surface area contributed by atoms with Gasteiger partial charge in [0.1, 0.15) is 6.54 Å². The fraction of sp³-hybridized carbons (Fsp3) is 0.526. The number of sulfonamides is 1. The molecule has 0 radical (unpaired) electrons. The van der Waals surface area contributed by atoms with Crippen molar-refractivity contribution in [2.24, 2.45) is 0 Å². The lowest BCUT2D eigenvalue weighted by Gasteiger charge is -2.25. The highest BCUT2D eigenvalue weighted by molar-refractivity contribution is 7.89. The number of hydrogen-bond acceptors (Lipinski definition) is 3. The van der Waals surface area contributed by atoms with E-state index in [0.29, 0.717) is 24.5 Å². The normalized spacial score (nSPS) is 16.0. The zero-order valence-electron chi connectivity index (χ0n) is 15.3. The summed E-state index contributed by atoms with van der Waals surface area (Å²) >= 11 is 0. The van der Waals surface area contributed by atoms with Gasteiger partial charge in [0.25, 0.3) is 0 Å². The van der Waals surface area contributed by atoms with Crippen LogP contribution in [0, 0.1) is 0 Å². The van der Waals surface area contributed by atoms with Crippen molar-refractivity contribution >= 4 is 26.8 Å². The molecule has 2 aromatic rings. The van der Waals surface area contributed by atoms with Gasteiger partial charge >= 0.3 is 0 Å². The zero-order valence-corrected chi connectivity index (χ0v) is 16.1. The Morgan fingerprint density at radius 2 is 1.92 bits per heavy atom. The van der Waals surface area contributed by atoms with Crippen LogP contribution in [0.1, 0.15) is 39.0 Å². The van der Waals surface area contributed by atoms with Gasteiger partial charge in [-0.1, -0.05) is 19.8 Å². The first-order valence-corrected chi connectivity index (χ1v) is 10.8. The second-order valence-electron chi connectivity index (χ2n) is 6.83. The third kappa shape index (κ3) is 4.10. The highest BCUT2D eigenvalue weighted by Gasteiger charge is 2.26. The van der Waals surface area contributed by atoms with E-state index >= 15 is 0 Å². The molecule has 1 fully saturated rings. The van der Waals surface area contributed by atoms with E-state index in [4.69, 9.17) is 0 Å². The maximum absolute atomic E-state index is 12.8. The molecule has 2 heterocycles. The number of aromatic nitrogens is 1. The predicted molar refractivity (Wildman–Crippen MR) is 102 cm³/mol. The predicted octanol–water partition coefficient (Wildman–Crippen LogP) is 2.73. The second-order valence-corrected chi connectivity index (χ2v) is 8.77. The molecular formula is C19H27N3O3S. The summed E-state index contributed by atoms with van der Waals surface area (Å²) in [6, 6.07) is 7.03. The number of hydrogen-bond donors (Lipinski definition) is 1. The first-order chi connectivity index (χ1) is 12.5. The summed E-state index contributed by atoms with van der Waals surface area (Å²) in [6.07, 6.45) is 6.78. The van der Waals surface area contributed by atoms with Crippen molar-refractivity contribution in [1.82, 2.24) is 14.2 Å². The summed E-state index contributed by atoms with van der Waals surface area (Å²) in [4.78, 5) is 12.4. The largest absolute Gasteiger partial charge is 0.355 e. The van der Waals surface area contributed by atoms with Gasteiger partial charge in [-0.05, 0) is 43.5 Å². The molecule has 7 heteroatoms. The Hall–Kier alpha value is -1.86. The average Bonchev–Trinajstić information content (AvgIpc) is 3.05. The topological polar surface area (TPSA) is 71.4 Å². The Balaban J connectivity index is 1.77. The summed E-state index contributed by atoms with van der Waals surface area (Å²) in [7, 11) is -3.44. The van der Waals surface area contributed by atoms with Crippen LogP contribution in [0.3, 0.4) is 0 Å². The van der Waals surface area contributed by atoms with Crippen molar-refractivity contribution < 1.29 is 13.2 Å². The number of nitrogens with zero attached hydrogens (tertiary/aromatic N) is 2. The van der Waals surface area contributed by atoms with Crippen molar-refractivity contribution in [2.45, 2.75) is 50.5 Å². The second kappa shape index (κ2) is 8.22. The van der Waals surface area contributed by atoms with Gasteiger partial charge in [0, 0.05) is 36.7 Å². The first-order valence-electron chi connectivity index (χ1n) is 9.38. The Bertz CT molecular complexity index is 867. The zero-order chi connectivity index (χ0) is 18.6. The Morgan fingerprint density at radius 1 is 1.15 bits per heavy atom. The molecule has 0 atom stereocenters. The van der Waals surface area contributed by atoms with Gasteiger partial charge < -0.3 is 9.88 Å². The molecule has 0 aliphatic carbocycles. The van der Waals surface area contributed by atoms with E-state index in [1.165, 1.54) is 0 Å². The van der Waals surface area contributed by atoms with Gasteiger partial charge in [-0.25, -0.2) is 8.42 Å². The average molecular weight is 378 g/mol. The summed E-state index contributed by atoms with van der Waals surface area (Å²) in [5.74, 6) is -0.0269. The summed E-state index contributed by atoms with van der Waals surface area (Å²) in [5.41, 5.74) is 0.869. The Labute approximate surface area is 155 Å². The Morgan fingerprint density at radius 3 is 2.65 bits per heavy atom. The van der Waals surface area contributed by atoms with E-state index < -0.39 is 10.0 Å². The van der Waals surface area contributed by atoms with Crippen LogP contribution in [-0.4, -0.2) is 42.8 Å². The molecule has 3 rings (SSSR count). The summed E-state index contributed by atoms with van der Waals surface area (Å²) < 4.78 is 29.1. The highest BCUT2D eigenvalue weighted by Crippen LogP contribution is 2.25. The fourth-order valence-electron chi connectivity index (χ4n) is 3.35. The summed E-state index contributed by atoms with van der Waals surface area (Å²) in [6.45, 7) is 4.21. The minimum absolute atomic E-state index is 0.0269. The highest BCUT2D eigenvalue weighted by atomic mass is 32.2. The van der Waals surface area contributed by atoms with Crippen molar-refractivity contribution in [1.29, 1.82) is 0 Å². The molecule has 26 heavy (non-hydrogen) atoms. The molecular weight excluding hydrogens is 350 g/mol. The maximum Gasteiger partial charge on any atom is 0.243 e. The number of carbonyl (C=O) groups excluding carboxylic acids is 1. The SMILES string of the molecule is CCCCNC(=O)Cn1ccc2cc(S(=O)(=O)N3CCCCC3)ccc21.